The number of benzene rings is 1. The van der Waals surface area contributed by atoms with E-state index in [1.54, 1.807) is 0 Å². The molecule has 0 aromatic heterocycles. The molecule has 0 fully saturated rings. The summed E-state index contributed by atoms with van der Waals surface area (Å²) in [5, 5.41) is 0.312. The van der Waals surface area contributed by atoms with Crippen LogP contribution in [0.3, 0.4) is 0 Å². The molecule has 1 aromatic rings. The lowest BCUT2D eigenvalue weighted by Crippen LogP contribution is -2.66. The number of anilines is 1. The van der Waals surface area contributed by atoms with Crippen LogP contribution in [0, 0.1) is 3.57 Å². The molecule has 1 unspecified atom stereocenters. The van der Waals surface area contributed by atoms with Gasteiger partial charge in [0.05, 0.1) is 5.69 Å². The Bertz CT molecular complexity index is 652. The Morgan fingerprint density at radius 2 is 1.27 bits per heavy atom. The quantitative estimate of drug-likeness (QED) is 0.198. The van der Waals surface area contributed by atoms with Crippen LogP contribution in [0.25, 0.3) is 0 Å². The molecule has 1 atom stereocenters. The molecule has 0 radical (unpaired) electrons. The van der Waals surface area contributed by atoms with Crippen LogP contribution in [0.5, 0.6) is 0 Å². The van der Waals surface area contributed by atoms with Crippen molar-refractivity contribution in [2.75, 3.05) is 5.32 Å². The van der Waals surface area contributed by atoms with E-state index in [0.717, 1.165) is 34.7 Å². The Kier molecular flexibility index (Phi) is 6.29. The second-order valence-corrected chi connectivity index (χ2v) is 6.78. The predicted octanol–water partition coefficient (Wildman–Crippen LogP) is 6.74. The monoisotopic (exact) mass is 537 g/mol. The summed E-state index contributed by atoms with van der Waals surface area (Å²) in [6, 6.07) is 2.12. The van der Waals surface area contributed by atoms with Crippen LogP contribution >= 0.6 is 34.4 Å². The van der Waals surface area contributed by atoms with Gasteiger partial charge >= 0.3 is 29.6 Å². The lowest BCUT2D eigenvalue weighted by atomic mass is 10.1. The molecule has 0 saturated carbocycles. The van der Waals surface area contributed by atoms with Crippen LogP contribution in [0.4, 0.5) is 58.4 Å². The van der Waals surface area contributed by atoms with E-state index in [0.29, 0.717) is 11.4 Å². The molecule has 0 saturated heterocycles. The fraction of sp³-hybridized carbons (Fsp3) is 0.455. The summed E-state index contributed by atoms with van der Waals surface area (Å²) >= 11 is -0.0650. The van der Waals surface area contributed by atoms with E-state index in [4.69, 9.17) is 0 Å². The average Bonchev–Trinajstić information content (AvgIpc) is 2.38. The van der Waals surface area contributed by atoms with E-state index < -0.39 is 55.5 Å². The van der Waals surface area contributed by atoms with Crippen molar-refractivity contribution in [1.82, 2.24) is 0 Å². The SMILES string of the molecule is FC(F)(F)Sc1cccc(I)c1NC(F)(C(F)(F)F)C(F)(F)C(F)(F)F. The lowest BCUT2D eigenvalue weighted by molar-refractivity contribution is -0.375. The molecule has 0 aliphatic carbocycles. The molecule has 0 aliphatic heterocycles. The number of rotatable bonds is 4. The number of alkyl halides is 12. The van der Waals surface area contributed by atoms with Gasteiger partial charge in [0.2, 0.25) is 0 Å². The predicted molar refractivity (Wildman–Crippen MR) is 75.6 cm³/mol. The lowest BCUT2D eigenvalue weighted by Gasteiger charge is -2.37. The van der Waals surface area contributed by atoms with Crippen LogP contribution in [0.2, 0.25) is 0 Å². The summed E-state index contributed by atoms with van der Waals surface area (Å²) in [5.41, 5.74) is -6.65. The molecule has 1 N–H and O–H groups in total. The van der Waals surface area contributed by atoms with Crippen molar-refractivity contribution in [3.8, 4) is 0 Å². The maximum atomic E-state index is 14.1. The summed E-state index contributed by atoms with van der Waals surface area (Å²) in [6.07, 6.45) is -13.8. The van der Waals surface area contributed by atoms with Crippen molar-refractivity contribution in [2.45, 2.75) is 34.5 Å². The third kappa shape index (κ3) is 4.56. The van der Waals surface area contributed by atoms with Gasteiger partial charge in [0.1, 0.15) is 0 Å². The van der Waals surface area contributed by atoms with E-state index in [-0.39, 0.29) is 0 Å². The normalized spacial score (nSPS) is 16.3. The van der Waals surface area contributed by atoms with Crippen LogP contribution in [-0.4, -0.2) is 29.6 Å². The highest BCUT2D eigenvalue weighted by atomic mass is 127. The van der Waals surface area contributed by atoms with Gasteiger partial charge in [-0.2, -0.15) is 48.3 Å². The zero-order chi connectivity index (χ0) is 20.8. The molecule has 0 aliphatic rings. The molecule has 1 nitrogen and oxygen atoms in total. The zero-order valence-electron chi connectivity index (χ0n) is 11.6. The average molecular weight is 537 g/mol. The first kappa shape index (κ1) is 23.3. The Labute approximate surface area is 154 Å². The van der Waals surface area contributed by atoms with E-state index >= 15 is 0 Å². The topological polar surface area (TPSA) is 12.0 Å². The maximum Gasteiger partial charge on any atom is 0.459 e. The second kappa shape index (κ2) is 7.01. The van der Waals surface area contributed by atoms with E-state index in [1.165, 1.54) is 0 Å². The maximum absolute atomic E-state index is 14.1. The minimum absolute atomic E-state index is 0.312. The van der Waals surface area contributed by atoms with Crippen molar-refractivity contribution >= 4 is 40.0 Å². The van der Waals surface area contributed by atoms with Crippen molar-refractivity contribution in [3.63, 3.8) is 0 Å². The van der Waals surface area contributed by atoms with Crippen LogP contribution < -0.4 is 5.32 Å². The highest BCUT2D eigenvalue weighted by molar-refractivity contribution is 14.1. The molecule has 0 bridgehead atoms. The highest BCUT2D eigenvalue weighted by Gasteiger charge is 2.81. The first-order valence-corrected chi connectivity index (χ1v) is 7.75. The molecule has 0 amide bonds. The summed E-state index contributed by atoms with van der Waals surface area (Å²) in [6.45, 7) is 0. The van der Waals surface area contributed by atoms with E-state index in [1.807, 2.05) is 0 Å². The molecule has 150 valence electrons. The number of hydrogen-bond acceptors (Lipinski definition) is 2. The third-order valence-electron chi connectivity index (χ3n) is 2.68. The van der Waals surface area contributed by atoms with Gasteiger partial charge in [0.15, 0.2) is 0 Å². The zero-order valence-corrected chi connectivity index (χ0v) is 14.5. The Morgan fingerprint density at radius 3 is 1.65 bits per heavy atom. The number of thioether (sulfide) groups is 1. The summed E-state index contributed by atoms with van der Waals surface area (Å²) in [7, 11) is 0. The Morgan fingerprint density at radius 1 is 0.769 bits per heavy atom. The standard InChI is InChI=1S/C11H4F12INS/c12-7(13,9(15,16)17)8(14,10(18,19)20)25-6-4(24)2-1-3-5(6)26-11(21,22)23/h1-3,25H. The van der Waals surface area contributed by atoms with Gasteiger partial charge in [-0.3, -0.25) is 0 Å². The van der Waals surface area contributed by atoms with Gasteiger partial charge in [-0.1, -0.05) is 6.07 Å². The second-order valence-electron chi connectivity index (χ2n) is 4.51. The fourth-order valence-electron chi connectivity index (χ4n) is 1.53. The molecule has 0 heterocycles. The fourth-order valence-corrected chi connectivity index (χ4v) is 3.01. The van der Waals surface area contributed by atoms with Gasteiger partial charge in [0, 0.05) is 8.47 Å². The van der Waals surface area contributed by atoms with Crippen LogP contribution in [0.1, 0.15) is 0 Å². The summed E-state index contributed by atoms with van der Waals surface area (Å²) in [4.78, 5) is -1.23. The smallest absolute Gasteiger partial charge is 0.339 e. The summed E-state index contributed by atoms with van der Waals surface area (Å²) in [5.74, 6) is -13.4. The van der Waals surface area contributed by atoms with Gasteiger partial charge in [-0.05, 0) is 46.5 Å². The highest BCUT2D eigenvalue weighted by Crippen LogP contribution is 2.54. The minimum Gasteiger partial charge on any atom is -0.339 e. The first-order chi connectivity index (χ1) is 11.3. The Hall–Kier alpha value is -0.740. The minimum atomic E-state index is -7.00. The van der Waals surface area contributed by atoms with Gasteiger partial charge < -0.3 is 5.32 Å². The summed E-state index contributed by atoms with van der Waals surface area (Å²) < 4.78 is 152. The number of halogens is 13. The number of para-hydroxylation sites is 1. The number of nitrogens with one attached hydrogen (secondary N) is 1. The van der Waals surface area contributed by atoms with Crippen LogP contribution in [-0.2, 0) is 0 Å². The molecule has 1 aromatic carbocycles. The van der Waals surface area contributed by atoms with Gasteiger partial charge in [-0.25, -0.2) is 4.39 Å². The largest absolute Gasteiger partial charge is 0.459 e. The van der Waals surface area contributed by atoms with E-state index in [9.17, 15) is 52.7 Å². The molecule has 0 spiro atoms. The van der Waals surface area contributed by atoms with Gasteiger partial charge in [-0.15, -0.1) is 0 Å². The van der Waals surface area contributed by atoms with Crippen molar-refractivity contribution in [3.05, 3.63) is 21.8 Å². The van der Waals surface area contributed by atoms with Crippen molar-refractivity contribution in [1.29, 1.82) is 0 Å². The molecular formula is C11H4F12INS. The van der Waals surface area contributed by atoms with Gasteiger partial charge in [0.25, 0.3) is 0 Å². The van der Waals surface area contributed by atoms with Crippen molar-refractivity contribution in [2.24, 2.45) is 0 Å². The Balaban J connectivity index is 3.58. The molecule has 1 rings (SSSR count). The molecule has 26 heavy (non-hydrogen) atoms. The van der Waals surface area contributed by atoms with E-state index in [2.05, 4.69) is 0 Å². The molecule has 15 heteroatoms. The first-order valence-electron chi connectivity index (χ1n) is 5.86. The van der Waals surface area contributed by atoms with Crippen LogP contribution in [0.15, 0.2) is 23.1 Å². The van der Waals surface area contributed by atoms with Crippen molar-refractivity contribution < 1.29 is 52.7 Å². The third-order valence-corrected chi connectivity index (χ3v) is 4.37. The number of hydrogen-bond donors (Lipinski definition) is 1. The molecular weight excluding hydrogens is 533 g/mol.